The van der Waals surface area contributed by atoms with Gasteiger partial charge >= 0.3 is 5.69 Å². The molecule has 0 radical (unpaired) electrons. The van der Waals surface area contributed by atoms with Crippen molar-refractivity contribution in [1.82, 2.24) is 15.0 Å². The zero-order valence-corrected chi connectivity index (χ0v) is 14.0. The molecule has 0 amide bonds. The number of fused-ring (bicyclic) bond motifs is 1. The third-order valence-electron chi connectivity index (χ3n) is 3.91. The fourth-order valence-corrected chi connectivity index (χ4v) is 2.73. The van der Waals surface area contributed by atoms with Crippen LogP contribution in [0, 0.1) is 0 Å². The molecule has 0 aliphatic carbocycles. The Balaban J connectivity index is 1.68. The maximum Gasteiger partial charge on any atom is 0.351 e. The average molecular weight is 361 g/mol. The first-order chi connectivity index (χ1) is 13.1. The van der Waals surface area contributed by atoms with Gasteiger partial charge in [-0.25, -0.2) is 4.79 Å². The first-order valence-electron chi connectivity index (χ1n) is 8.11. The van der Waals surface area contributed by atoms with E-state index >= 15 is 0 Å². The van der Waals surface area contributed by atoms with Gasteiger partial charge < -0.3 is 20.8 Å². The summed E-state index contributed by atoms with van der Waals surface area (Å²) in [7, 11) is 0. The summed E-state index contributed by atoms with van der Waals surface area (Å²) in [6.45, 7) is 0. The number of hydrogen-bond donors (Lipinski definition) is 5. The van der Waals surface area contributed by atoms with Gasteiger partial charge in [0.25, 0.3) is 0 Å². The van der Waals surface area contributed by atoms with E-state index in [0.717, 1.165) is 5.39 Å². The second-order valence-electron chi connectivity index (χ2n) is 5.80. The van der Waals surface area contributed by atoms with Gasteiger partial charge in [-0.05, 0) is 24.3 Å². The zero-order valence-electron chi connectivity index (χ0n) is 14.0. The number of nitrogens with zero attached hydrogens (tertiary/aromatic N) is 2. The number of rotatable bonds is 4. The Kier molecular flexibility index (Phi) is 4.06. The van der Waals surface area contributed by atoms with Crippen molar-refractivity contribution in [3.05, 3.63) is 71.1 Å². The van der Waals surface area contributed by atoms with Crippen LogP contribution in [0.1, 0.15) is 0 Å². The van der Waals surface area contributed by atoms with Gasteiger partial charge in [0, 0.05) is 28.2 Å². The van der Waals surface area contributed by atoms with Crippen LogP contribution in [0.2, 0.25) is 0 Å². The number of phenolic OH excluding ortho intramolecular Hbond substituents is 2. The maximum absolute atomic E-state index is 11.9. The highest BCUT2D eigenvalue weighted by molar-refractivity contribution is 5.98. The Morgan fingerprint density at radius 2 is 1.67 bits per heavy atom. The van der Waals surface area contributed by atoms with Gasteiger partial charge in [0.2, 0.25) is 11.9 Å². The van der Waals surface area contributed by atoms with Crippen molar-refractivity contribution in [3.8, 4) is 11.5 Å². The van der Waals surface area contributed by atoms with Gasteiger partial charge in [0.1, 0.15) is 11.5 Å². The number of benzene rings is 3. The number of aromatic hydroxyl groups is 2. The number of hydrogen-bond acceptors (Lipinski definition) is 7. The molecule has 8 heteroatoms. The number of aromatic amines is 1. The summed E-state index contributed by atoms with van der Waals surface area (Å²) >= 11 is 0. The third kappa shape index (κ3) is 3.49. The number of phenols is 2. The van der Waals surface area contributed by atoms with Crippen LogP contribution in [0.15, 0.2) is 65.5 Å². The van der Waals surface area contributed by atoms with Crippen molar-refractivity contribution in [1.29, 1.82) is 0 Å². The Morgan fingerprint density at radius 3 is 2.48 bits per heavy atom. The van der Waals surface area contributed by atoms with Crippen LogP contribution in [0.25, 0.3) is 10.8 Å². The largest absolute Gasteiger partial charge is 0.508 e. The summed E-state index contributed by atoms with van der Waals surface area (Å²) in [4.78, 5) is 22.5. The molecule has 0 aliphatic rings. The van der Waals surface area contributed by atoms with Crippen molar-refractivity contribution < 1.29 is 10.2 Å². The van der Waals surface area contributed by atoms with Gasteiger partial charge in [-0.15, -0.1) is 0 Å². The molecule has 5 N–H and O–H groups in total. The molecule has 0 aliphatic heterocycles. The molecule has 0 spiro atoms. The quantitative estimate of drug-likeness (QED) is 0.354. The van der Waals surface area contributed by atoms with Crippen molar-refractivity contribution in [3.63, 3.8) is 0 Å². The SMILES string of the molecule is O=c1nc(Nc2ccc(O)c3ccccc23)nc(Nc2cccc(O)c2)[nH]1. The van der Waals surface area contributed by atoms with E-state index in [1.807, 2.05) is 18.2 Å². The Hall–Kier alpha value is -4.07. The summed E-state index contributed by atoms with van der Waals surface area (Å²) in [5, 5.41) is 26.9. The number of H-pyrrole nitrogens is 1. The van der Waals surface area contributed by atoms with Crippen molar-refractivity contribution in [2.75, 3.05) is 10.6 Å². The van der Waals surface area contributed by atoms with E-state index in [9.17, 15) is 15.0 Å². The van der Waals surface area contributed by atoms with Crippen molar-refractivity contribution in [2.45, 2.75) is 0 Å². The van der Waals surface area contributed by atoms with Crippen LogP contribution in [0.5, 0.6) is 11.5 Å². The van der Waals surface area contributed by atoms with Crippen LogP contribution >= 0.6 is 0 Å². The van der Waals surface area contributed by atoms with Crippen LogP contribution < -0.4 is 16.3 Å². The smallest absolute Gasteiger partial charge is 0.351 e. The molecule has 4 aromatic rings. The first kappa shape index (κ1) is 16.4. The fourth-order valence-electron chi connectivity index (χ4n) is 2.73. The minimum absolute atomic E-state index is 0.0883. The van der Waals surface area contributed by atoms with Crippen LogP contribution in [0.3, 0.4) is 0 Å². The first-order valence-corrected chi connectivity index (χ1v) is 8.11. The Labute approximate surface area is 153 Å². The monoisotopic (exact) mass is 361 g/mol. The molecule has 1 heterocycles. The van der Waals surface area contributed by atoms with E-state index in [2.05, 4.69) is 25.6 Å². The van der Waals surface area contributed by atoms with Crippen LogP contribution in [-0.2, 0) is 0 Å². The highest BCUT2D eigenvalue weighted by atomic mass is 16.3. The molecule has 0 fully saturated rings. The predicted molar refractivity (Wildman–Crippen MR) is 103 cm³/mol. The third-order valence-corrected chi connectivity index (χ3v) is 3.91. The van der Waals surface area contributed by atoms with Gasteiger partial charge in [-0.1, -0.05) is 30.3 Å². The molecule has 4 rings (SSSR count). The second kappa shape index (κ2) is 6.68. The Bertz CT molecular complexity index is 1190. The summed E-state index contributed by atoms with van der Waals surface area (Å²) in [6.07, 6.45) is 0. The minimum Gasteiger partial charge on any atom is -0.508 e. The fraction of sp³-hybridized carbons (Fsp3) is 0. The predicted octanol–water partition coefficient (Wildman–Crippen LogP) is 3.22. The lowest BCUT2D eigenvalue weighted by Gasteiger charge is -2.11. The molecule has 0 unspecified atom stereocenters. The van der Waals surface area contributed by atoms with E-state index in [0.29, 0.717) is 16.8 Å². The lowest BCUT2D eigenvalue weighted by Crippen LogP contribution is -2.16. The van der Waals surface area contributed by atoms with Crippen LogP contribution in [-0.4, -0.2) is 25.2 Å². The molecule has 0 saturated carbocycles. The average Bonchev–Trinajstić information content (AvgIpc) is 2.64. The van der Waals surface area contributed by atoms with E-state index in [4.69, 9.17) is 0 Å². The molecular formula is C19H15N5O3. The number of aromatic nitrogens is 3. The lowest BCUT2D eigenvalue weighted by molar-refractivity contribution is 0.475. The standard InChI is InChI=1S/C19H15N5O3/c25-12-5-3-4-11(10-12)20-17-22-18(24-19(27)23-17)21-15-8-9-16(26)14-7-2-1-6-13(14)15/h1-10,25-26H,(H3,20,21,22,23,24,27). The highest BCUT2D eigenvalue weighted by Crippen LogP contribution is 2.31. The zero-order chi connectivity index (χ0) is 18.8. The molecule has 0 saturated heterocycles. The second-order valence-corrected chi connectivity index (χ2v) is 5.80. The van der Waals surface area contributed by atoms with Crippen molar-refractivity contribution >= 4 is 34.0 Å². The van der Waals surface area contributed by atoms with E-state index in [1.54, 1.807) is 30.3 Å². The molecule has 1 aromatic heterocycles. The maximum atomic E-state index is 11.9. The van der Waals surface area contributed by atoms with E-state index in [-0.39, 0.29) is 23.4 Å². The van der Waals surface area contributed by atoms with E-state index in [1.165, 1.54) is 12.1 Å². The molecule has 8 nitrogen and oxygen atoms in total. The lowest BCUT2D eigenvalue weighted by atomic mass is 10.1. The topological polar surface area (TPSA) is 123 Å². The normalized spacial score (nSPS) is 10.7. The minimum atomic E-state index is -0.585. The number of nitrogens with one attached hydrogen (secondary N) is 3. The molecular weight excluding hydrogens is 346 g/mol. The summed E-state index contributed by atoms with van der Waals surface area (Å²) < 4.78 is 0. The summed E-state index contributed by atoms with van der Waals surface area (Å²) in [6, 6.07) is 17.0. The molecule has 0 atom stereocenters. The van der Waals surface area contributed by atoms with E-state index < -0.39 is 5.69 Å². The summed E-state index contributed by atoms with van der Waals surface area (Å²) in [5.74, 6) is 0.517. The molecule has 0 bridgehead atoms. The number of anilines is 4. The Morgan fingerprint density at radius 1 is 0.852 bits per heavy atom. The highest BCUT2D eigenvalue weighted by Gasteiger charge is 2.08. The van der Waals surface area contributed by atoms with Gasteiger partial charge in [0.15, 0.2) is 0 Å². The van der Waals surface area contributed by atoms with Crippen molar-refractivity contribution in [2.24, 2.45) is 0 Å². The van der Waals surface area contributed by atoms with Gasteiger partial charge in [0.05, 0.1) is 0 Å². The van der Waals surface area contributed by atoms with Gasteiger partial charge in [-0.3, -0.25) is 4.98 Å². The van der Waals surface area contributed by atoms with Crippen LogP contribution in [0.4, 0.5) is 23.3 Å². The van der Waals surface area contributed by atoms with Gasteiger partial charge in [-0.2, -0.15) is 9.97 Å². The molecule has 134 valence electrons. The summed E-state index contributed by atoms with van der Waals surface area (Å²) in [5.41, 5.74) is 0.626. The molecule has 3 aromatic carbocycles. The molecule has 27 heavy (non-hydrogen) atoms.